The summed E-state index contributed by atoms with van der Waals surface area (Å²) in [5.41, 5.74) is 7.77. The van der Waals surface area contributed by atoms with Crippen molar-refractivity contribution in [2.45, 2.75) is 0 Å². The van der Waals surface area contributed by atoms with Crippen molar-refractivity contribution >= 4 is 44.5 Å². The van der Waals surface area contributed by atoms with Crippen molar-refractivity contribution in [3.05, 3.63) is 53.4 Å². The molecule has 0 aliphatic rings. The summed E-state index contributed by atoms with van der Waals surface area (Å²) in [5.74, 6) is -0.982. The summed E-state index contributed by atoms with van der Waals surface area (Å²) < 4.78 is 1.20. The van der Waals surface area contributed by atoms with Crippen LogP contribution < -0.4 is 11.1 Å². The Morgan fingerprint density at radius 2 is 2.00 bits per heavy atom. The molecular formula is C15H12N2O2S. The van der Waals surface area contributed by atoms with Gasteiger partial charge in [-0.1, -0.05) is 0 Å². The smallest absolute Gasteiger partial charge is 0.337 e. The molecule has 0 aliphatic carbocycles. The normalized spacial score (nSPS) is 10.6. The van der Waals surface area contributed by atoms with Crippen molar-refractivity contribution in [2.75, 3.05) is 11.1 Å². The Labute approximate surface area is 119 Å². The molecule has 0 aliphatic heterocycles. The molecule has 1 heterocycles. The quantitative estimate of drug-likeness (QED) is 0.637. The zero-order chi connectivity index (χ0) is 14.1. The molecule has 3 aromatic rings. The third-order valence-corrected chi connectivity index (χ3v) is 3.90. The number of nitrogen functional groups attached to an aromatic ring is 1. The number of benzene rings is 2. The number of hydrogen-bond donors (Lipinski definition) is 3. The van der Waals surface area contributed by atoms with Crippen molar-refractivity contribution in [3.8, 4) is 0 Å². The van der Waals surface area contributed by atoms with Gasteiger partial charge in [0.05, 0.1) is 11.3 Å². The molecule has 0 radical (unpaired) electrons. The van der Waals surface area contributed by atoms with Crippen LogP contribution in [0.4, 0.5) is 17.1 Å². The molecule has 20 heavy (non-hydrogen) atoms. The van der Waals surface area contributed by atoms with E-state index in [-0.39, 0.29) is 5.56 Å². The number of anilines is 3. The monoisotopic (exact) mass is 284 g/mol. The van der Waals surface area contributed by atoms with Crippen molar-refractivity contribution in [1.82, 2.24) is 0 Å². The van der Waals surface area contributed by atoms with E-state index in [4.69, 9.17) is 5.73 Å². The molecule has 0 bridgehead atoms. The van der Waals surface area contributed by atoms with Gasteiger partial charge in [-0.15, -0.1) is 11.3 Å². The summed E-state index contributed by atoms with van der Waals surface area (Å²) in [7, 11) is 0. The standard InChI is InChI=1S/C15H12N2O2S/c16-10-1-3-12(15(18)19)13(8-10)17-11-2-4-14-9(7-11)5-6-20-14/h1-8,17H,16H2,(H,18,19). The van der Waals surface area contributed by atoms with E-state index < -0.39 is 5.97 Å². The molecule has 4 nitrogen and oxygen atoms in total. The summed E-state index contributed by atoms with van der Waals surface area (Å²) >= 11 is 1.67. The van der Waals surface area contributed by atoms with Crippen molar-refractivity contribution in [1.29, 1.82) is 0 Å². The minimum atomic E-state index is -0.982. The molecular weight excluding hydrogens is 272 g/mol. The van der Waals surface area contributed by atoms with E-state index in [0.29, 0.717) is 11.4 Å². The first kappa shape index (κ1) is 12.5. The molecule has 0 fully saturated rings. The zero-order valence-corrected chi connectivity index (χ0v) is 11.3. The second kappa shape index (κ2) is 4.86. The fourth-order valence-corrected chi connectivity index (χ4v) is 2.82. The second-order valence-electron chi connectivity index (χ2n) is 4.41. The van der Waals surface area contributed by atoms with E-state index in [9.17, 15) is 9.90 Å². The van der Waals surface area contributed by atoms with Crippen LogP contribution in [0.5, 0.6) is 0 Å². The average molecular weight is 284 g/mol. The van der Waals surface area contributed by atoms with Crippen LogP contribution in [-0.4, -0.2) is 11.1 Å². The van der Waals surface area contributed by atoms with Crippen molar-refractivity contribution in [3.63, 3.8) is 0 Å². The number of hydrogen-bond acceptors (Lipinski definition) is 4. The van der Waals surface area contributed by atoms with Gasteiger partial charge in [-0.05, 0) is 53.2 Å². The number of rotatable bonds is 3. The number of nitrogens with one attached hydrogen (secondary N) is 1. The molecule has 0 saturated carbocycles. The van der Waals surface area contributed by atoms with Gasteiger partial charge in [-0.2, -0.15) is 0 Å². The number of thiophene rings is 1. The minimum Gasteiger partial charge on any atom is -0.478 e. The fraction of sp³-hybridized carbons (Fsp3) is 0. The third kappa shape index (κ3) is 2.31. The molecule has 100 valence electrons. The molecule has 5 heteroatoms. The molecule has 0 amide bonds. The number of nitrogens with two attached hydrogens (primary N) is 1. The lowest BCUT2D eigenvalue weighted by Crippen LogP contribution is -2.03. The Bertz CT molecular complexity index is 795. The molecule has 0 spiro atoms. The fourth-order valence-electron chi connectivity index (χ4n) is 2.05. The summed E-state index contributed by atoms with van der Waals surface area (Å²) in [6.45, 7) is 0. The van der Waals surface area contributed by atoms with Gasteiger partial charge in [0.1, 0.15) is 0 Å². The van der Waals surface area contributed by atoms with E-state index in [1.54, 1.807) is 23.5 Å². The molecule has 0 unspecified atom stereocenters. The number of carboxylic acid groups (broad SMARTS) is 1. The molecule has 0 atom stereocenters. The van der Waals surface area contributed by atoms with Gasteiger partial charge in [0, 0.05) is 16.1 Å². The molecule has 1 aromatic heterocycles. The van der Waals surface area contributed by atoms with Crippen molar-refractivity contribution < 1.29 is 9.90 Å². The Balaban J connectivity index is 2.01. The average Bonchev–Trinajstić information content (AvgIpc) is 2.85. The van der Waals surface area contributed by atoms with Gasteiger partial charge in [-0.25, -0.2) is 4.79 Å². The highest BCUT2D eigenvalue weighted by molar-refractivity contribution is 7.17. The van der Waals surface area contributed by atoms with Gasteiger partial charge < -0.3 is 16.2 Å². The number of fused-ring (bicyclic) bond motifs is 1. The maximum Gasteiger partial charge on any atom is 0.337 e. The summed E-state index contributed by atoms with van der Waals surface area (Å²) in [6, 6.07) is 12.7. The number of carbonyl (C=O) groups is 1. The van der Waals surface area contributed by atoms with Gasteiger partial charge >= 0.3 is 5.97 Å². The van der Waals surface area contributed by atoms with Crippen molar-refractivity contribution in [2.24, 2.45) is 0 Å². The number of carboxylic acids is 1. The van der Waals surface area contributed by atoms with Gasteiger partial charge in [0.25, 0.3) is 0 Å². The molecule has 4 N–H and O–H groups in total. The molecule has 3 rings (SSSR count). The first-order valence-electron chi connectivity index (χ1n) is 6.00. The highest BCUT2D eigenvalue weighted by atomic mass is 32.1. The van der Waals surface area contributed by atoms with Crippen LogP contribution in [-0.2, 0) is 0 Å². The van der Waals surface area contributed by atoms with Crippen LogP contribution in [0.15, 0.2) is 47.8 Å². The summed E-state index contributed by atoms with van der Waals surface area (Å²) in [4.78, 5) is 11.2. The lowest BCUT2D eigenvalue weighted by Gasteiger charge is -2.10. The topological polar surface area (TPSA) is 75.4 Å². The maximum atomic E-state index is 11.2. The first-order chi connectivity index (χ1) is 9.63. The van der Waals surface area contributed by atoms with E-state index in [1.165, 1.54) is 10.8 Å². The Morgan fingerprint density at radius 3 is 2.80 bits per heavy atom. The molecule has 0 saturated heterocycles. The predicted molar refractivity (Wildman–Crippen MR) is 82.9 cm³/mol. The van der Waals surface area contributed by atoms with Crippen LogP contribution in [0.1, 0.15) is 10.4 Å². The molecule has 2 aromatic carbocycles. The first-order valence-corrected chi connectivity index (χ1v) is 6.88. The Kier molecular flexibility index (Phi) is 3.04. The van der Waals surface area contributed by atoms with Crippen LogP contribution in [0.25, 0.3) is 10.1 Å². The Morgan fingerprint density at radius 1 is 1.15 bits per heavy atom. The van der Waals surface area contributed by atoms with Gasteiger partial charge in [-0.3, -0.25) is 0 Å². The van der Waals surface area contributed by atoms with E-state index >= 15 is 0 Å². The second-order valence-corrected chi connectivity index (χ2v) is 5.36. The highest BCUT2D eigenvalue weighted by Gasteiger charge is 2.10. The lowest BCUT2D eigenvalue weighted by molar-refractivity contribution is 0.0698. The van der Waals surface area contributed by atoms with Crippen LogP contribution >= 0.6 is 11.3 Å². The van der Waals surface area contributed by atoms with E-state index in [2.05, 4.69) is 5.32 Å². The largest absolute Gasteiger partial charge is 0.478 e. The van der Waals surface area contributed by atoms with Crippen LogP contribution in [0.3, 0.4) is 0 Å². The Hall–Kier alpha value is -2.53. The number of aromatic carboxylic acids is 1. The van der Waals surface area contributed by atoms with Gasteiger partial charge in [0.15, 0.2) is 0 Å². The van der Waals surface area contributed by atoms with E-state index in [0.717, 1.165) is 11.1 Å². The third-order valence-electron chi connectivity index (χ3n) is 3.01. The zero-order valence-electron chi connectivity index (χ0n) is 10.5. The highest BCUT2D eigenvalue weighted by Crippen LogP contribution is 2.28. The SMILES string of the molecule is Nc1ccc(C(=O)O)c(Nc2ccc3sccc3c2)c1. The predicted octanol–water partition coefficient (Wildman–Crippen LogP) is 3.93. The van der Waals surface area contributed by atoms with Crippen LogP contribution in [0.2, 0.25) is 0 Å². The lowest BCUT2D eigenvalue weighted by atomic mass is 10.1. The van der Waals surface area contributed by atoms with Gasteiger partial charge in [0.2, 0.25) is 0 Å². The van der Waals surface area contributed by atoms with E-state index in [1.807, 2.05) is 29.6 Å². The maximum absolute atomic E-state index is 11.2. The van der Waals surface area contributed by atoms with Crippen LogP contribution in [0, 0.1) is 0 Å². The summed E-state index contributed by atoms with van der Waals surface area (Å²) in [6.07, 6.45) is 0. The minimum absolute atomic E-state index is 0.199. The summed E-state index contributed by atoms with van der Waals surface area (Å²) in [5, 5.41) is 15.5.